The van der Waals surface area contributed by atoms with Gasteiger partial charge in [-0.05, 0) is 25.8 Å². The van der Waals surface area contributed by atoms with E-state index in [1.165, 1.54) is 5.56 Å². The van der Waals surface area contributed by atoms with Crippen molar-refractivity contribution in [2.75, 3.05) is 6.61 Å². The lowest BCUT2D eigenvalue weighted by Gasteiger charge is -2.08. The fourth-order valence-corrected chi connectivity index (χ4v) is 3.19. The first-order chi connectivity index (χ1) is 10.2. The molecule has 1 fully saturated rings. The molecule has 1 aromatic carbocycles. The van der Waals surface area contributed by atoms with Crippen molar-refractivity contribution in [3.63, 3.8) is 0 Å². The van der Waals surface area contributed by atoms with Crippen molar-refractivity contribution in [1.29, 1.82) is 0 Å². The smallest absolute Gasteiger partial charge is 0.249 e. The Morgan fingerprint density at radius 3 is 3.19 bits per heavy atom. The molecule has 2 aromatic rings. The number of carbonyl (C=O) groups is 1. The van der Waals surface area contributed by atoms with Gasteiger partial charge < -0.3 is 10.1 Å². The number of aryl methyl sites for hydroxylation is 1. The summed E-state index contributed by atoms with van der Waals surface area (Å²) in [4.78, 5) is 16.5. The molecule has 0 saturated carbocycles. The fraction of sp³-hybridized carbons (Fsp3) is 0.375. The van der Waals surface area contributed by atoms with E-state index in [0.29, 0.717) is 13.2 Å². The fourth-order valence-electron chi connectivity index (χ4n) is 2.37. The molecule has 0 radical (unpaired) electrons. The molecule has 1 N–H and O–H groups in total. The van der Waals surface area contributed by atoms with Crippen LogP contribution in [0.4, 0.5) is 0 Å². The van der Waals surface area contributed by atoms with E-state index in [4.69, 9.17) is 4.74 Å². The van der Waals surface area contributed by atoms with Crippen molar-refractivity contribution in [3.05, 3.63) is 40.9 Å². The van der Waals surface area contributed by atoms with Crippen molar-refractivity contribution >= 4 is 17.2 Å². The van der Waals surface area contributed by atoms with Gasteiger partial charge in [0.15, 0.2) is 0 Å². The first kappa shape index (κ1) is 14.2. The number of amides is 1. The van der Waals surface area contributed by atoms with Crippen LogP contribution in [0, 0.1) is 6.92 Å². The van der Waals surface area contributed by atoms with Crippen LogP contribution in [0.3, 0.4) is 0 Å². The summed E-state index contributed by atoms with van der Waals surface area (Å²) in [6.07, 6.45) is 1.50. The van der Waals surface area contributed by atoms with Crippen LogP contribution >= 0.6 is 11.3 Å². The van der Waals surface area contributed by atoms with Gasteiger partial charge in [0, 0.05) is 17.6 Å². The SMILES string of the molecule is Cc1cccc(-c2nc(CNC(=O)[C@H]3CCCO3)cs2)c1. The molecular weight excluding hydrogens is 284 g/mol. The minimum absolute atomic E-state index is 0.0300. The Morgan fingerprint density at radius 2 is 2.43 bits per heavy atom. The van der Waals surface area contributed by atoms with Crippen LogP contribution in [-0.2, 0) is 16.1 Å². The van der Waals surface area contributed by atoms with Crippen molar-refractivity contribution in [2.45, 2.75) is 32.4 Å². The second-order valence-corrected chi connectivity index (χ2v) is 6.09. The summed E-state index contributed by atoms with van der Waals surface area (Å²) in [6, 6.07) is 8.28. The number of carbonyl (C=O) groups excluding carboxylic acids is 1. The molecule has 0 unspecified atom stereocenters. The molecule has 3 rings (SSSR count). The average Bonchev–Trinajstić information content (AvgIpc) is 3.16. The van der Waals surface area contributed by atoms with E-state index in [0.717, 1.165) is 29.1 Å². The van der Waals surface area contributed by atoms with Crippen LogP contribution < -0.4 is 5.32 Å². The lowest BCUT2D eigenvalue weighted by molar-refractivity contribution is -0.130. The molecule has 21 heavy (non-hydrogen) atoms. The van der Waals surface area contributed by atoms with E-state index in [1.54, 1.807) is 11.3 Å². The first-order valence-electron chi connectivity index (χ1n) is 7.13. The average molecular weight is 302 g/mol. The van der Waals surface area contributed by atoms with Gasteiger partial charge >= 0.3 is 0 Å². The number of aromatic nitrogens is 1. The molecule has 1 atom stereocenters. The first-order valence-corrected chi connectivity index (χ1v) is 8.01. The monoisotopic (exact) mass is 302 g/mol. The Bertz CT molecular complexity index is 633. The zero-order valence-electron chi connectivity index (χ0n) is 12.0. The highest BCUT2D eigenvalue weighted by Crippen LogP contribution is 2.24. The number of nitrogens with zero attached hydrogens (tertiary/aromatic N) is 1. The molecular formula is C16H18N2O2S. The maximum atomic E-state index is 11.9. The minimum Gasteiger partial charge on any atom is -0.368 e. The Morgan fingerprint density at radius 1 is 1.52 bits per heavy atom. The molecule has 1 amide bonds. The highest BCUT2D eigenvalue weighted by atomic mass is 32.1. The van der Waals surface area contributed by atoms with Crippen molar-refractivity contribution in [3.8, 4) is 10.6 Å². The number of rotatable bonds is 4. The largest absolute Gasteiger partial charge is 0.368 e. The molecule has 1 aliphatic rings. The third-order valence-corrected chi connectivity index (χ3v) is 4.42. The maximum Gasteiger partial charge on any atom is 0.249 e. The summed E-state index contributed by atoms with van der Waals surface area (Å²) in [7, 11) is 0. The lowest BCUT2D eigenvalue weighted by atomic mass is 10.1. The Kier molecular flexibility index (Phi) is 4.31. The van der Waals surface area contributed by atoms with Crippen molar-refractivity contribution in [1.82, 2.24) is 10.3 Å². The van der Waals surface area contributed by atoms with Crippen molar-refractivity contribution < 1.29 is 9.53 Å². The van der Waals surface area contributed by atoms with Crippen LogP contribution in [0.5, 0.6) is 0 Å². The van der Waals surface area contributed by atoms with Gasteiger partial charge in [0.2, 0.25) is 5.91 Å². The molecule has 1 aromatic heterocycles. The quantitative estimate of drug-likeness (QED) is 0.945. The van der Waals surface area contributed by atoms with Crippen LogP contribution in [0.1, 0.15) is 24.1 Å². The summed E-state index contributed by atoms with van der Waals surface area (Å²) < 4.78 is 5.36. The van der Waals surface area contributed by atoms with Gasteiger partial charge in [-0.15, -0.1) is 11.3 Å². The maximum absolute atomic E-state index is 11.9. The van der Waals surface area contributed by atoms with E-state index in [2.05, 4.69) is 35.4 Å². The molecule has 4 nitrogen and oxygen atoms in total. The molecule has 2 heterocycles. The predicted molar refractivity (Wildman–Crippen MR) is 83.1 cm³/mol. The van der Waals surface area contributed by atoms with Gasteiger partial charge in [-0.2, -0.15) is 0 Å². The molecule has 110 valence electrons. The topological polar surface area (TPSA) is 51.2 Å². The molecule has 0 spiro atoms. The van der Waals surface area contributed by atoms with Crippen LogP contribution in [0.25, 0.3) is 10.6 Å². The van der Waals surface area contributed by atoms with Crippen LogP contribution in [0.2, 0.25) is 0 Å². The molecule has 0 aliphatic carbocycles. The summed E-state index contributed by atoms with van der Waals surface area (Å²) in [5, 5.41) is 5.88. The Hall–Kier alpha value is -1.72. The van der Waals surface area contributed by atoms with E-state index in [1.807, 2.05) is 11.4 Å². The number of ether oxygens (including phenoxy) is 1. The number of hydrogen-bond acceptors (Lipinski definition) is 4. The van der Waals surface area contributed by atoms with Gasteiger partial charge in [0.05, 0.1) is 12.2 Å². The normalized spacial score (nSPS) is 17.9. The van der Waals surface area contributed by atoms with E-state index >= 15 is 0 Å². The summed E-state index contributed by atoms with van der Waals surface area (Å²) in [6.45, 7) is 3.22. The van der Waals surface area contributed by atoms with Crippen LogP contribution in [-0.4, -0.2) is 23.6 Å². The van der Waals surface area contributed by atoms with E-state index in [9.17, 15) is 4.79 Å². The van der Waals surface area contributed by atoms with Gasteiger partial charge in [-0.25, -0.2) is 4.98 Å². The number of benzene rings is 1. The summed E-state index contributed by atoms with van der Waals surface area (Å²) in [5.41, 5.74) is 3.23. The number of nitrogens with one attached hydrogen (secondary N) is 1. The molecule has 1 aliphatic heterocycles. The highest BCUT2D eigenvalue weighted by Gasteiger charge is 2.23. The Balaban J connectivity index is 1.61. The van der Waals surface area contributed by atoms with Crippen molar-refractivity contribution in [2.24, 2.45) is 0 Å². The zero-order valence-corrected chi connectivity index (χ0v) is 12.8. The molecule has 5 heteroatoms. The zero-order chi connectivity index (χ0) is 14.7. The van der Waals surface area contributed by atoms with Gasteiger partial charge in [0.1, 0.15) is 11.1 Å². The standard InChI is InChI=1S/C16H18N2O2S/c1-11-4-2-5-12(8-11)16-18-13(10-21-16)9-17-15(19)14-6-3-7-20-14/h2,4-5,8,10,14H,3,6-7,9H2,1H3,(H,17,19)/t14-/m1/s1. The second kappa shape index (κ2) is 6.37. The van der Waals surface area contributed by atoms with E-state index < -0.39 is 0 Å². The Labute approximate surface area is 128 Å². The summed E-state index contributed by atoms with van der Waals surface area (Å²) in [5.74, 6) is -0.0300. The third kappa shape index (κ3) is 3.49. The highest BCUT2D eigenvalue weighted by molar-refractivity contribution is 7.13. The third-order valence-electron chi connectivity index (χ3n) is 3.48. The number of thiazole rings is 1. The van der Waals surface area contributed by atoms with Crippen LogP contribution in [0.15, 0.2) is 29.6 Å². The molecule has 1 saturated heterocycles. The summed E-state index contributed by atoms with van der Waals surface area (Å²) >= 11 is 1.60. The predicted octanol–water partition coefficient (Wildman–Crippen LogP) is 2.91. The lowest BCUT2D eigenvalue weighted by Crippen LogP contribution is -2.33. The van der Waals surface area contributed by atoms with Gasteiger partial charge in [0.25, 0.3) is 0 Å². The second-order valence-electron chi connectivity index (χ2n) is 5.23. The minimum atomic E-state index is -0.278. The van der Waals surface area contributed by atoms with Gasteiger partial charge in [-0.3, -0.25) is 4.79 Å². The number of hydrogen-bond donors (Lipinski definition) is 1. The van der Waals surface area contributed by atoms with E-state index in [-0.39, 0.29) is 12.0 Å². The van der Waals surface area contributed by atoms with Gasteiger partial charge in [-0.1, -0.05) is 23.8 Å². The molecule has 0 bridgehead atoms.